The summed E-state index contributed by atoms with van der Waals surface area (Å²) in [4.78, 5) is 39.4. The van der Waals surface area contributed by atoms with E-state index in [1.807, 2.05) is 30.3 Å². The Bertz CT molecular complexity index is 1200. The zero-order chi connectivity index (χ0) is 22.5. The third kappa shape index (κ3) is 4.80. The van der Waals surface area contributed by atoms with Crippen molar-refractivity contribution in [2.24, 2.45) is 0 Å². The van der Waals surface area contributed by atoms with Crippen LogP contribution in [0.3, 0.4) is 0 Å². The maximum atomic E-state index is 13.9. The van der Waals surface area contributed by atoms with Crippen molar-refractivity contribution < 1.29 is 14.1 Å². The minimum Gasteiger partial charge on any atom is -0.384 e. The van der Waals surface area contributed by atoms with E-state index in [0.717, 1.165) is 10.1 Å². The summed E-state index contributed by atoms with van der Waals surface area (Å²) in [5, 5.41) is 0. The second kappa shape index (κ2) is 9.53. The van der Waals surface area contributed by atoms with Gasteiger partial charge in [0.1, 0.15) is 30.3 Å². The summed E-state index contributed by atoms with van der Waals surface area (Å²) >= 11 is 0. The number of anilines is 1. The molecule has 8 heteroatoms. The van der Waals surface area contributed by atoms with E-state index in [0.29, 0.717) is 10.5 Å². The van der Waals surface area contributed by atoms with Crippen LogP contribution in [-0.2, 0) is 19.6 Å². The van der Waals surface area contributed by atoms with Gasteiger partial charge in [-0.3, -0.25) is 18.7 Å². The van der Waals surface area contributed by atoms with Crippen LogP contribution in [0.15, 0.2) is 64.2 Å². The van der Waals surface area contributed by atoms with Gasteiger partial charge in [0.05, 0.1) is 13.6 Å². The van der Waals surface area contributed by atoms with Gasteiger partial charge in [0, 0.05) is 12.1 Å². The van der Waals surface area contributed by atoms with Gasteiger partial charge in [-0.15, -0.1) is 0 Å². The van der Waals surface area contributed by atoms with Crippen LogP contribution >= 0.6 is 0 Å². The minimum atomic E-state index is -0.696. The van der Waals surface area contributed by atoms with Crippen LogP contribution in [0.1, 0.15) is 28.4 Å². The number of ketones is 1. The fourth-order valence-corrected chi connectivity index (χ4v) is 3.57. The fraction of sp³-hybridized carbons (Fsp3) is 0.261. The summed E-state index contributed by atoms with van der Waals surface area (Å²) in [7, 11) is 1.73. The molecular weight excluding hydrogens is 399 g/mol. The van der Waals surface area contributed by atoms with Gasteiger partial charge < -0.3 is 10.6 Å². The number of likely N-dealkylation sites (N-methyl/N-ethyl adjacent to an activating group) is 1. The largest absolute Gasteiger partial charge is 0.384 e. The number of nitrogens with one attached hydrogen (secondary N) is 1. The van der Waals surface area contributed by atoms with E-state index >= 15 is 0 Å². The molecule has 0 aliphatic carbocycles. The molecule has 3 aromatic rings. The van der Waals surface area contributed by atoms with Gasteiger partial charge in [-0.05, 0) is 18.6 Å². The zero-order valence-electron chi connectivity index (χ0n) is 17.6. The first-order chi connectivity index (χ1) is 14.8. The molecule has 0 amide bonds. The van der Waals surface area contributed by atoms with E-state index in [1.54, 1.807) is 32.2 Å². The molecule has 1 heterocycles. The number of nitrogen functional groups attached to an aromatic ring is 1. The van der Waals surface area contributed by atoms with Gasteiger partial charge >= 0.3 is 5.69 Å². The summed E-state index contributed by atoms with van der Waals surface area (Å²) in [5.41, 5.74) is 6.00. The van der Waals surface area contributed by atoms with Crippen LogP contribution in [0.5, 0.6) is 0 Å². The van der Waals surface area contributed by atoms with Crippen LogP contribution in [0.2, 0.25) is 0 Å². The number of nitrogens with two attached hydrogens (primary N) is 1. The number of rotatable bonds is 8. The van der Waals surface area contributed by atoms with Gasteiger partial charge in [-0.2, -0.15) is 0 Å². The summed E-state index contributed by atoms with van der Waals surface area (Å²) < 4.78 is 16.2. The van der Waals surface area contributed by atoms with Crippen molar-refractivity contribution in [2.45, 2.75) is 26.6 Å². The Morgan fingerprint density at radius 2 is 1.68 bits per heavy atom. The number of carbonyl (C=O) groups is 1. The van der Waals surface area contributed by atoms with Crippen LogP contribution in [0.4, 0.5) is 10.2 Å². The fourth-order valence-electron chi connectivity index (χ4n) is 3.57. The Labute approximate surface area is 179 Å². The molecule has 2 aromatic carbocycles. The molecule has 0 fully saturated rings. The number of nitrogens with zero attached hydrogens (tertiary/aromatic N) is 2. The molecule has 1 atom stereocenters. The lowest BCUT2D eigenvalue weighted by Crippen LogP contribution is -3.08. The van der Waals surface area contributed by atoms with Crippen molar-refractivity contribution in [1.29, 1.82) is 0 Å². The van der Waals surface area contributed by atoms with Crippen LogP contribution in [-0.4, -0.2) is 28.5 Å². The molecule has 0 radical (unpaired) electrons. The molecule has 31 heavy (non-hydrogen) atoms. The number of benzene rings is 2. The van der Waals surface area contributed by atoms with E-state index < -0.39 is 17.0 Å². The van der Waals surface area contributed by atoms with E-state index in [-0.39, 0.29) is 43.4 Å². The highest BCUT2D eigenvalue weighted by molar-refractivity contribution is 6.00. The van der Waals surface area contributed by atoms with Crippen LogP contribution < -0.4 is 21.9 Å². The summed E-state index contributed by atoms with van der Waals surface area (Å²) in [5.74, 6) is -0.980. The Morgan fingerprint density at radius 1 is 1.03 bits per heavy atom. The van der Waals surface area contributed by atoms with Crippen LogP contribution in [0, 0.1) is 5.82 Å². The second-order valence-electron chi connectivity index (χ2n) is 7.49. The van der Waals surface area contributed by atoms with Crippen molar-refractivity contribution in [3.05, 3.63) is 97.9 Å². The number of halogens is 1. The van der Waals surface area contributed by atoms with E-state index in [9.17, 15) is 18.8 Å². The number of hydrogen-bond donors (Lipinski definition) is 2. The number of aromatic nitrogens is 2. The molecule has 0 aliphatic rings. The van der Waals surface area contributed by atoms with Crippen molar-refractivity contribution >= 4 is 11.6 Å². The predicted molar refractivity (Wildman–Crippen MR) is 117 cm³/mol. The van der Waals surface area contributed by atoms with Crippen molar-refractivity contribution in [3.8, 4) is 0 Å². The Morgan fingerprint density at radius 3 is 2.32 bits per heavy atom. The van der Waals surface area contributed by atoms with Crippen molar-refractivity contribution in [3.63, 3.8) is 0 Å². The van der Waals surface area contributed by atoms with Gasteiger partial charge in [0.2, 0.25) is 5.78 Å². The number of Topliss-reactive ketones (excluding diaryl/α,β-unsaturated/α-hetero) is 1. The van der Waals surface area contributed by atoms with Gasteiger partial charge in [0.25, 0.3) is 5.56 Å². The van der Waals surface area contributed by atoms with Crippen molar-refractivity contribution in [2.75, 3.05) is 19.3 Å². The Balaban J connectivity index is 1.95. The first kappa shape index (κ1) is 22.2. The molecular formula is C23H26FN4O3+. The average Bonchev–Trinajstić information content (AvgIpc) is 2.74. The maximum absolute atomic E-state index is 13.9. The standard InChI is InChI=1S/C23H25FN4O3/c1-3-27-22(30)20(19(29)15-26(2)14-17-11-7-8-12-18(17)24)21(25)28(23(27)31)13-16-9-5-4-6-10-16/h4-12H,3,13-15,25H2,1-2H3/p+1. The first-order valence-corrected chi connectivity index (χ1v) is 10.1. The van der Waals surface area contributed by atoms with Crippen molar-refractivity contribution in [1.82, 2.24) is 9.13 Å². The van der Waals surface area contributed by atoms with Gasteiger partial charge in [-0.25, -0.2) is 9.18 Å². The summed E-state index contributed by atoms with van der Waals surface area (Å²) in [6.07, 6.45) is 0. The molecule has 0 saturated carbocycles. The smallest absolute Gasteiger partial charge is 0.332 e. The third-order valence-corrected chi connectivity index (χ3v) is 5.16. The molecule has 0 aliphatic heterocycles. The number of carbonyl (C=O) groups excluding carboxylic acids is 1. The lowest BCUT2D eigenvalue weighted by Gasteiger charge is -2.17. The quantitative estimate of drug-likeness (QED) is 0.520. The predicted octanol–water partition coefficient (Wildman–Crippen LogP) is 0.697. The molecule has 1 unspecified atom stereocenters. The topological polar surface area (TPSA) is 91.5 Å². The minimum absolute atomic E-state index is 0.0684. The molecule has 3 N–H and O–H groups in total. The molecule has 7 nitrogen and oxygen atoms in total. The molecule has 0 bridgehead atoms. The first-order valence-electron chi connectivity index (χ1n) is 10.1. The SMILES string of the molecule is CCn1c(=O)c(C(=O)C[NH+](C)Cc2ccccc2F)c(N)n(Cc2ccccc2)c1=O. The molecule has 162 valence electrons. The highest BCUT2D eigenvalue weighted by atomic mass is 19.1. The monoisotopic (exact) mass is 425 g/mol. The lowest BCUT2D eigenvalue weighted by molar-refractivity contribution is -0.885. The van der Waals surface area contributed by atoms with Crippen LogP contribution in [0.25, 0.3) is 0 Å². The molecule has 3 rings (SSSR count). The maximum Gasteiger partial charge on any atom is 0.332 e. The molecule has 0 spiro atoms. The second-order valence-corrected chi connectivity index (χ2v) is 7.49. The molecule has 1 aromatic heterocycles. The Kier molecular flexibility index (Phi) is 6.81. The van der Waals surface area contributed by atoms with Gasteiger partial charge in [-0.1, -0.05) is 48.5 Å². The Hall–Kier alpha value is -3.52. The number of quaternary nitrogens is 1. The number of hydrogen-bond acceptors (Lipinski definition) is 4. The third-order valence-electron chi connectivity index (χ3n) is 5.16. The normalized spacial score (nSPS) is 12.0. The lowest BCUT2D eigenvalue weighted by atomic mass is 10.1. The average molecular weight is 425 g/mol. The zero-order valence-corrected chi connectivity index (χ0v) is 17.6. The summed E-state index contributed by atoms with van der Waals surface area (Å²) in [6, 6.07) is 15.5. The van der Waals surface area contributed by atoms with Gasteiger partial charge in [0.15, 0.2) is 0 Å². The van der Waals surface area contributed by atoms with E-state index in [2.05, 4.69) is 0 Å². The van der Waals surface area contributed by atoms with E-state index in [1.165, 1.54) is 10.6 Å². The highest BCUT2D eigenvalue weighted by Crippen LogP contribution is 2.09. The molecule has 0 saturated heterocycles. The highest BCUT2D eigenvalue weighted by Gasteiger charge is 2.25. The van der Waals surface area contributed by atoms with E-state index in [4.69, 9.17) is 5.73 Å². The summed E-state index contributed by atoms with van der Waals surface area (Å²) in [6.45, 7) is 2.12.